The highest BCUT2D eigenvalue weighted by molar-refractivity contribution is 9.10. The van der Waals surface area contributed by atoms with E-state index in [9.17, 15) is 22.4 Å². The Morgan fingerprint density at radius 2 is 2.18 bits per heavy atom. The highest BCUT2D eigenvalue weighted by Gasteiger charge is 2.40. The van der Waals surface area contributed by atoms with Gasteiger partial charge in [0.05, 0.1) is 12.1 Å². The zero-order valence-corrected chi connectivity index (χ0v) is 9.85. The van der Waals surface area contributed by atoms with Crippen LogP contribution >= 0.6 is 15.9 Å². The Kier molecular flexibility index (Phi) is 4.44. The lowest BCUT2D eigenvalue weighted by Crippen LogP contribution is -2.41. The third-order valence-electron chi connectivity index (χ3n) is 1.81. The third kappa shape index (κ3) is 3.65. The van der Waals surface area contributed by atoms with Crippen molar-refractivity contribution in [3.8, 4) is 0 Å². The Balaban J connectivity index is 2.66. The first-order valence-electron chi connectivity index (χ1n) is 4.39. The summed E-state index contributed by atoms with van der Waals surface area (Å²) in [6, 6.07) is 2.75. The first-order valence-corrected chi connectivity index (χ1v) is 5.18. The summed E-state index contributed by atoms with van der Waals surface area (Å²) in [4.78, 5) is 15.1. The van der Waals surface area contributed by atoms with E-state index in [1.807, 2.05) is 0 Å². The fourth-order valence-corrected chi connectivity index (χ4v) is 1.36. The molecule has 0 unspecified atom stereocenters. The molecular weight excluding hydrogens is 308 g/mol. The second-order valence-corrected chi connectivity index (χ2v) is 3.84. The van der Waals surface area contributed by atoms with Crippen LogP contribution in [0.25, 0.3) is 0 Å². The molecule has 0 saturated heterocycles. The second kappa shape index (κ2) is 5.44. The SMILES string of the molecule is O=C(NCC(F)(F)C(F)F)c1cccnc1Br. The molecule has 0 aliphatic heterocycles. The summed E-state index contributed by atoms with van der Waals surface area (Å²) in [5.74, 6) is -5.14. The van der Waals surface area contributed by atoms with Crippen LogP contribution in [0.4, 0.5) is 17.6 Å². The van der Waals surface area contributed by atoms with Gasteiger partial charge in [-0.05, 0) is 28.1 Å². The Labute approximate surface area is 102 Å². The van der Waals surface area contributed by atoms with E-state index in [-0.39, 0.29) is 10.2 Å². The normalized spacial score (nSPS) is 11.6. The Hall–Kier alpha value is -1.18. The van der Waals surface area contributed by atoms with Crippen LogP contribution < -0.4 is 5.32 Å². The average Bonchev–Trinajstić information content (AvgIpc) is 2.26. The number of aromatic nitrogens is 1. The van der Waals surface area contributed by atoms with E-state index in [4.69, 9.17) is 0 Å². The molecule has 0 bridgehead atoms. The first kappa shape index (κ1) is 13.9. The number of nitrogens with one attached hydrogen (secondary N) is 1. The minimum Gasteiger partial charge on any atom is -0.346 e. The average molecular weight is 315 g/mol. The number of rotatable bonds is 4. The lowest BCUT2D eigenvalue weighted by molar-refractivity contribution is -0.123. The summed E-state index contributed by atoms with van der Waals surface area (Å²) >= 11 is 2.94. The van der Waals surface area contributed by atoms with Gasteiger partial charge >= 0.3 is 12.3 Å². The van der Waals surface area contributed by atoms with Crippen molar-refractivity contribution in [3.05, 3.63) is 28.5 Å². The van der Waals surface area contributed by atoms with Crippen LogP contribution in [0.1, 0.15) is 10.4 Å². The number of nitrogens with zero attached hydrogens (tertiary/aromatic N) is 1. The zero-order chi connectivity index (χ0) is 13.1. The number of pyridine rings is 1. The van der Waals surface area contributed by atoms with Crippen molar-refractivity contribution in [2.75, 3.05) is 6.54 Å². The summed E-state index contributed by atoms with van der Waals surface area (Å²) in [6.07, 6.45) is -2.44. The molecule has 0 aliphatic rings. The van der Waals surface area contributed by atoms with Crippen molar-refractivity contribution >= 4 is 21.8 Å². The molecule has 0 saturated carbocycles. The quantitative estimate of drug-likeness (QED) is 0.685. The molecule has 1 aromatic heterocycles. The lowest BCUT2D eigenvalue weighted by atomic mass is 10.2. The molecule has 1 rings (SSSR count). The number of hydrogen-bond donors (Lipinski definition) is 1. The van der Waals surface area contributed by atoms with Crippen LogP contribution in [0.5, 0.6) is 0 Å². The zero-order valence-electron chi connectivity index (χ0n) is 8.26. The molecule has 8 heteroatoms. The van der Waals surface area contributed by atoms with Crippen LogP contribution in [0.15, 0.2) is 22.9 Å². The van der Waals surface area contributed by atoms with E-state index in [2.05, 4.69) is 20.9 Å². The van der Waals surface area contributed by atoms with Crippen LogP contribution in [0.3, 0.4) is 0 Å². The Bertz CT molecular complexity index is 414. The van der Waals surface area contributed by atoms with Crippen molar-refractivity contribution in [1.29, 1.82) is 0 Å². The lowest BCUT2D eigenvalue weighted by Gasteiger charge is -2.15. The number of amides is 1. The van der Waals surface area contributed by atoms with Gasteiger partial charge in [-0.15, -0.1) is 0 Å². The van der Waals surface area contributed by atoms with Gasteiger partial charge in [-0.1, -0.05) is 0 Å². The largest absolute Gasteiger partial charge is 0.346 e. The van der Waals surface area contributed by atoms with Gasteiger partial charge in [0, 0.05) is 6.20 Å². The standard InChI is InChI=1S/C9H7BrF4N2O/c10-6-5(2-1-3-15-6)7(17)16-4-9(13,14)8(11)12/h1-3,8H,4H2,(H,16,17). The van der Waals surface area contributed by atoms with E-state index >= 15 is 0 Å². The van der Waals surface area contributed by atoms with Gasteiger partial charge in [0.1, 0.15) is 4.60 Å². The molecule has 0 atom stereocenters. The predicted octanol–water partition coefficient (Wildman–Crippen LogP) is 2.47. The van der Waals surface area contributed by atoms with E-state index in [0.717, 1.165) is 0 Å². The van der Waals surface area contributed by atoms with Gasteiger partial charge in [0.2, 0.25) is 0 Å². The van der Waals surface area contributed by atoms with Crippen molar-refractivity contribution in [3.63, 3.8) is 0 Å². The van der Waals surface area contributed by atoms with Crippen molar-refractivity contribution in [2.45, 2.75) is 12.3 Å². The second-order valence-electron chi connectivity index (χ2n) is 3.09. The molecule has 0 spiro atoms. The molecular formula is C9H7BrF4N2O. The summed E-state index contributed by atoms with van der Waals surface area (Å²) in [7, 11) is 0. The van der Waals surface area contributed by atoms with E-state index < -0.39 is 24.8 Å². The Morgan fingerprint density at radius 1 is 1.53 bits per heavy atom. The van der Waals surface area contributed by atoms with E-state index in [1.54, 1.807) is 5.32 Å². The Morgan fingerprint density at radius 3 is 2.71 bits per heavy atom. The third-order valence-corrected chi connectivity index (χ3v) is 2.44. The van der Waals surface area contributed by atoms with Gasteiger partial charge in [-0.2, -0.15) is 8.78 Å². The predicted molar refractivity (Wildman–Crippen MR) is 55.2 cm³/mol. The number of carbonyl (C=O) groups is 1. The van der Waals surface area contributed by atoms with Gasteiger partial charge < -0.3 is 5.32 Å². The molecule has 1 N–H and O–H groups in total. The molecule has 1 amide bonds. The maximum atomic E-state index is 12.5. The van der Waals surface area contributed by atoms with Crippen molar-refractivity contribution < 1.29 is 22.4 Å². The van der Waals surface area contributed by atoms with Gasteiger partial charge in [-0.3, -0.25) is 4.79 Å². The van der Waals surface area contributed by atoms with Crippen LogP contribution in [0.2, 0.25) is 0 Å². The topological polar surface area (TPSA) is 42.0 Å². The van der Waals surface area contributed by atoms with Crippen LogP contribution in [-0.4, -0.2) is 29.8 Å². The summed E-state index contributed by atoms with van der Waals surface area (Å²) in [5.41, 5.74) is -0.00225. The van der Waals surface area contributed by atoms with Crippen LogP contribution in [-0.2, 0) is 0 Å². The number of halogens is 5. The fraction of sp³-hybridized carbons (Fsp3) is 0.333. The number of hydrogen-bond acceptors (Lipinski definition) is 2. The molecule has 3 nitrogen and oxygen atoms in total. The number of carbonyl (C=O) groups excluding carboxylic acids is 1. The molecule has 0 aliphatic carbocycles. The molecule has 0 fully saturated rings. The summed E-state index contributed by atoms with van der Waals surface area (Å²) in [5, 5.41) is 1.72. The smallest absolute Gasteiger partial charge is 0.324 e. The highest BCUT2D eigenvalue weighted by Crippen LogP contribution is 2.21. The van der Waals surface area contributed by atoms with Crippen molar-refractivity contribution in [1.82, 2.24) is 10.3 Å². The maximum Gasteiger partial charge on any atom is 0.324 e. The van der Waals surface area contributed by atoms with Crippen molar-refractivity contribution in [2.24, 2.45) is 0 Å². The first-order chi connectivity index (χ1) is 7.84. The minimum atomic E-state index is -4.25. The van der Waals surface area contributed by atoms with E-state index in [0.29, 0.717) is 0 Å². The summed E-state index contributed by atoms with van der Waals surface area (Å²) < 4.78 is 48.9. The van der Waals surface area contributed by atoms with E-state index in [1.165, 1.54) is 18.3 Å². The monoisotopic (exact) mass is 314 g/mol. The van der Waals surface area contributed by atoms with Gasteiger partial charge in [0.15, 0.2) is 0 Å². The van der Waals surface area contributed by atoms with Gasteiger partial charge in [-0.25, -0.2) is 13.8 Å². The molecule has 1 heterocycles. The minimum absolute atomic E-state index is 0.00225. The molecule has 0 aromatic carbocycles. The number of alkyl halides is 4. The fourth-order valence-electron chi connectivity index (χ4n) is 0.926. The summed E-state index contributed by atoms with van der Waals surface area (Å²) in [6.45, 7) is -1.43. The molecule has 0 radical (unpaired) electrons. The molecule has 1 aromatic rings. The van der Waals surface area contributed by atoms with Crippen LogP contribution in [0, 0.1) is 0 Å². The molecule has 94 valence electrons. The molecule has 17 heavy (non-hydrogen) atoms. The van der Waals surface area contributed by atoms with Gasteiger partial charge in [0.25, 0.3) is 5.91 Å². The highest BCUT2D eigenvalue weighted by atomic mass is 79.9. The maximum absolute atomic E-state index is 12.5.